The SMILES string of the molecule is CC12CC3CC(C)(C1)CC(CC(=O)Nc1cccc4c(=O)n(CCc5c[nH]cn5)ccc14)(C3)C2. The molecule has 2 aromatic heterocycles. The largest absolute Gasteiger partial charge is 0.351 e. The summed E-state index contributed by atoms with van der Waals surface area (Å²) in [5, 5.41) is 4.63. The van der Waals surface area contributed by atoms with E-state index in [4.69, 9.17) is 0 Å². The van der Waals surface area contributed by atoms with E-state index < -0.39 is 0 Å². The lowest BCUT2D eigenvalue weighted by atomic mass is 9.40. The first-order chi connectivity index (χ1) is 16.2. The van der Waals surface area contributed by atoms with Crippen LogP contribution in [0.15, 0.2) is 47.8 Å². The molecule has 4 bridgehead atoms. The number of H-pyrrole nitrogens is 1. The van der Waals surface area contributed by atoms with Crippen LogP contribution in [0.25, 0.3) is 10.8 Å². The quantitative estimate of drug-likeness (QED) is 0.527. The number of carbonyl (C=O) groups is 1. The highest BCUT2D eigenvalue weighted by molar-refractivity contribution is 6.02. The summed E-state index contributed by atoms with van der Waals surface area (Å²) in [5.41, 5.74) is 2.56. The van der Waals surface area contributed by atoms with Crippen LogP contribution >= 0.6 is 0 Å². The molecule has 0 aliphatic heterocycles. The number of hydrogen-bond acceptors (Lipinski definition) is 3. The molecular weight excluding hydrogens is 424 g/mol. The summed E-state index contributed by atoms with van der Waals surface area (Å²) in [7, 11) is 0. The zero-order chi connectivity index (χ0) is 23.6. The molecule has 4 fully saturated rings. The lowest BCUT2D eigenvalue weighted by molar-refractivity contribution is -0.153. The molecule has 4 aliphatic carbocycles. The molecule has 4 saturated carbocycles. The number of carbonyl (C=O) groups excluding carboxylic acids is 1. The van der Waals surface area contributed by atoms with E-state index in [0.29, 0.717) is 35.6 Å². The van der Waals surface area contributed by atoms with Crippen LogP contribution in [-0.4, -0.2) is 20.4 Å². The van der Waals surface area contributed by atoms with Gasteiger partial charge in [0.2, 0.25) is 5.91 Å². The van der Waals surface area contributed by atoms with Crippen LogP contribution in [0.5, 0.6) is 0 Å². The summed E-state index contributed by atoms with van der Waals surface area (Å²) in [6, 6.07) is 7.57. The van der Waals surface area contributed by atoms with Crippen molar-refractivity contribution in [2.75, 3.05) is 5.32 Å². The lowest BCUT2D eigenvalue weighted by Crippen LogP contribution is -2.55. The van der Waals surface area contributed by atoms with Crippen molar-refractivity contribution in [3.05, 3.63) is 59.0 Å². The average molecular weight is 459 g/mol. The zero-order valence-electron chi connectivity index (χ0n) is 20.2. The van der Waals surface area contributed by atoms with Gasteiger partial charge in [-0.15, -0.1) is 0 Å². The van der Waals surface area contributed by atoms with Gasteiger partial charge in [-0.3, -0.25) is 9.59 Å². The number of fused-ring (bicyclic) bond motifs is 1. The van der Waals surface area contributed by atoms with Gasteiger partial charge in [0.25, 0.3) is 5.56 Å². The Labute approximate surface area is 200 Å². The maximum absolute atomic E-state index is 13.3. The third-order valence-corrected chi connectivity index (χ3v) is 8.73. The molecule has 1 amide bonds. The molecular formula is C28H34N4O2. The van der Waals surface area contributed by atoms with E-state index >= 15 is 0 Å². The van der Waals surface area contributed by atoms with E-state index in [1.165, 1.54) is 38.5 Å². The number of aromatic nitrogens is 3. The Morgan fingerprint density at radius 2 is 1.91 bits per heavy atom. The Balaban J connectivity index is 1.21. The monoisotopic (exact) mass is 458 g/mol. The number of benzene rings is 1. The highest BCUT2D eigenvalue weighted by Gasteiger charge is 2.60. The van der Waals surface area contributed by atoms with Gasteiger partial charge in [0.05, 0.1) is 12.0 Å². The van der Waals surface area contributed by atoms with E-state index in [0.717, 1.165) is 22.7 Å². The van der Waals surface area contributed by atoms with E-state index in [1.807, 2.05) is 36.7 Å². The van der Waals surface area contributed by atoms with Crippen molar-refractivity contribution in [2.24, 2.45) is 22.2 Å². The van der Waals surface area contributed by atoms with Crippen LogP contribution in [0.3, 0.4) is 0 Å². The molecule has 34 heavy (non-hydrogen) atoms. The Morgan fingerprint density at radius 3 is 2.62 bits per heavy atom. The lowest BCUT2D eigenvalue weighted by Gasteiger charge is -2.65. The van der Waals surface area contributed by atoms with Gasteiger partial charge in [-0.25, -0.2) is 4.98 Å². The number of pyridine rings is 1. The molecule has 1 aromatic carbocycles. The first-order valence-corrected chi connectivity index (χ1v) is 12.6. The summed E-state index contributed by atoms with van der Waals surface area (Å²) in [5.74, 6) is 0.862. The molecule has 3 aromatic rings. The molecule has 0 radical (unpaired) electrons. The average Bonchev–Trinajstić information content (AvgIpc) is 3.24. The van der Waals surface area contributed by atoms with Crippen molar-refractivity contribution in [1.82, 2.24) is 14.5 Å². The molecule has 2 heterocycles. The van der Waals surface area contributed by atoms with Gasteiger partial charge in [0.1, 0.15) is 0 Å². The van der Waals surface area contributed by atoms with Gasteiger partial charge in [-0.1, -0.05) is 19.9 Å². The van der Waals surface area contributed by atoms with Crippen molar-refractivity contribution in [1.29, 1.82) is 0 Å². The number of nitrogens with zero attached hydrogens (tertiary/aromatic N) is 2. The van der Waals surface area contributed by atoms with Crippen molar-refractivity contribution in [3.8, 4) is 0 Å². The van der Waals surface area contributed by atoms with Crippen molar-refractivity contribution < 1.29 is 4.79 Å². The van der Waals surface area contributed by atoms with Crippen LogP contribution in [0.1, 0.15) is 64.5 Å². The Morgan fingerprint density at radius 1 is 1.12 bits per heavy atom. The van der Waals surface area contributed by atoms with E-state index in [2.05, 4.69) is 29.1 Å². The second kappa shape index (κ2) is 7.56. The molecule has 6 heteroatoms. The number of hydrogen-bond donors (Lipinski definition) is 2. The molecule has 4 aliphatic rings. The first kappa shape index (κ1) is 21.6. The summed E-state index contributed by atoms with van der Waals surface area (Å²) in [4.78, 5) is 33.6. The topological polar surface area (TPSA) is 79.8 Å². The number of rotatable bonds is 6. The highest BCUT2D eigenvalue weighted by atomic mass is 16.1. The Kier molecular flexibility index (Phi) is 4.81. The number of anilines is 1. The van der Waals surface area contributed by atoms with E-state index in [9.17, 15) is 9.59 Å². The van der Waals surface area contributed by atoms with Crippen LogP contribution < -0.4 is 10.9 Å². The highest BCUT2D eigenvalue weighted by Crippen LogP contribution is 2.70. The second-order valence-electron chi connectivity index (χ2n) is 12.2. The fraction of sp³-hybridized carbons (Fsp3) is 0.536. The maximum Gasteiger partial charge on any atom is 0.258 e. The van der Waals surface area contributed by atoms with Gasteiger partial charge in [-0.2, -0.15) is 0 Å². The number of amides is 1. The summed E-state index contributed by atoms with van der Waals surface area (Å²) in [6.45, 7) is 5.46. The number of aromatic amines is 1. The van der Waals surface area contributed by atoms with Crippen molar-refractivity contribution in [2.45, 2.75) is 71.8 Å². The van der Waals surface area contributed by atoms with Gasteiger partial charge in [-0.05, 0) is 78.9 Å². The Bertz CT molecular complexity index is 1290. The predicted molar refractivity (Wildman–Crippen MR) is 134 cm³/mol. The minimum Gasteiger partial charge on any atom is -0.351 e. The third kappa shape index (κ3) is 3.77. The standard InChI is InChI=1S/C28H34N4O2/c1-26-10-19-11-27(2,15-26)17-28(12-19,16-26)13-24(33)31-23-5-3-4-22-21(23)7-9-32(25(22)34)8-6-20-14-29-18-30-20/h3-5,7,9,14,18-19H,6,8,10-13,15-17H2,1-2H3,(H,29,30)(H,31,33). The molecule has 0 saturated heterocycles. The fourth-order valence-corrected chi connectivity index (χ4v) is 8.68. The van der Waals surface area contributed by atoms with E-state index in [-0.39, 0.29) is 16.9 Å². The normalized spacial score (nSPS) is 31.8. The maximum atomic E-state index is 13.3. The molecule has 0 spiro atoms. The zero-order valence-corrected chi connectivity index (χ0v) is 20.2. The van der Waals surface area contributed by atoms with Gasteiger partial charge >= 0.3 is 0 Å². The number of nitrogens with one attached hydrogen (secondary N) is 2. The van der Waals surface area contributed by atoms with Crippen LogP contribution in [0.2, 0.25) is 0 Å². The third-order valence-electron chi connectivity index (χ3n) is 8.73. The number of aryl methyl sites for hydroxylation is 2. The Hall–Kier alpha value is -2.89. The molecule has 6 nitrogen and oxygen atoms in total. The molecule has 178 valence electrons. The van der Waals surface area contributed by atoms with Gasteiger partial charge in [0.15, 0.2) is 0 Å². The van der Waals surface area contributed by atoms with Gasteiger partial charge in [0, 0.05) is 48.2 Å². The van der Waals surface area contributed by atoms with Crippen LogP contribution in [0.4, 0.5) is 5.69 Å². The molecule has 2 N–H and O–H groups in total. The summed E-state index contributed by atoms with van der Waals surface area (Å²) >= 11 is 0. The predicted octanol–water partition coefficient (Wildman–Crippen LogP) is 5.29. The minimum absolute atomic E-state index is 0.0360. The molecule has 2 atom stereocenters. The van der Waals surface area contributed by atoms with Crippen LogP contribution in [-0.2, 0) is 17.8 Å². The van der Waals surface area contributed by atoms with Gasteiger partial charge < -0.3 is 14.9 Å². The van der Waals surface area contributed by atoms with Crippen molar-refractivity contribution in [3.63, 3.8) is 0 Å². The van der Waals surface area contributed by atoms with E-state index in [1.54, 1.807) is 10.9 Å². The second-order valence-corrected chi connectivity index (χ2v) is 12.2. The molecule has 2 unspecified atom stereocenters. The smallest absolute Gasteiger partial charge is 0.258 e. The van der Waals surface area contributed by atoms with Crippen molar-refractivity contribution >= 4 is 22.4 Å². The summed E-state index contributed by atoms with van der Waals surface area (Å²) < 4.78 is 1.72. The molecule has 7 rings (SSSR count). The minimum atomic E-state index is -0.0360. The van der Waals surface area contributed by atoms with Crippen LogP contribution in [0, 0.1) is 22.2 Å². The fourth-order valence-electron chi connectivity index (χ4n) is 8.68. The summed E-state index contributed by atoms with van der Waals surface area (Å²) in [6.07, 6.45) is 14.1. The first-order valence-electron chi connectivity index (χ1n) is 12.6. The number of imidazole rings is 1.